The first kappa shape index (κ1) is 16.7. The topological polar surface area (TPSA) is 36.9 Å². The van der Waals surface area contributed by atoms with Gasteiger partial charge in [-0.05, 0) is 48.5 Å². The van der Waals surface area contributed by atoms with Gasteiger partial charge in [-0.3, -0.25) is 0 Å². The summed E-state index contributed by atoms with van der Waals surface area (Å²) in [6.45, 7) is 5.12. The first-order valence-electron chi connectivity index (χ1n) is 8.03. The van der Waals surface area contributed by atoms with Gasteiger partial charge in [0.2, 0.25) is 0 Å². The van der Waals surface area contributed by atoms with E-state index < -0.39 is 0 Å². The number of benzene rings is 2. The van der Waals surface area contributed by atoms with Crippen molar-refractivity contribution in [3.63, 3.8) is 0 Å². The van der Waals surface area contributed by atoms with Crippen LogP contribution in [0.1, 0.15) is 13.8 Å². The van der Waals surface area contributed by atoms with Crippen molar-refractivity contribution in [3.8, 4) is 17.2 Å². The second-order valence-corrected chi connectivity index (χ2v) is 6.04. The van der Waals surface area contributed by atoms with E-state index in [1.165, 1.54) is 12.1 Å². The number of hydrogen-bond donors (Lipinski definition) is 0. The van der Waals surface area contributed by atoms with E-state index in [-0.39, 0.29) is 18.2 Å². The summed E-state index contributed by atoms with van der Waals surface area (Å²) in [7, 11) is 0. The molecule has 4 nitrogen and oxygen atoms in total. The van der Waals surface area contributed by atoms with Crippen molar-refractivity contribution in [3.05, 3.63) is 54.3 Å². The van der Waals surface area contributed by atoms with Gasteiger partial charge in [-0.1, -0.05) is 13.8 Å². The van der Waals surface area contributed by atoms with Crippen LogP contribution in [0, 0.1) is 11.7 Å². The lowest BCUT2D eigenvalue weighted by Crippen LogP contribution is -2.22. The average Bonchev–Trinajstić information content (AvgIpc) is 3.06. The maximum atomic E-state index is 12.9. The van der Waals surface area contributed by atoms with Crippen LogP contribution in [0.3, 0.4) is 0 Å². The molecule has 0 spiro atoms. The van der Waals surface area contributed by atoms with E-state index in [4.69, 9.17) is 18.9 Å². The van der Waals surface area contributed by atoms with Gasteiger partial charge < -0.3 is 18.9 Å². The SMILES string of the molecule is CC(C)C1OCC(COc2ccc(Oc3ccc(F)cc3)cc2)O1. The third kappa shape index (κ3) is 4.46. The van der Waals surface area contributed by atoms with Crippen molar-refractivity contribution in [1.82, 2.24) is 0 Å². The molecule has 0 aromatic heterocycles. The normalized spacial score (nSPS) is 20.3. The molecule has 1 fully saturated rings. The summed E-state index contributed by atoms with van der Waals surface area (Å²) in [6.07, 6.45) is -0.197. The fourth-order valence-electron chi connectivity index (χ4n) is 2.34. The summed E-state index contributed by atoms with van der Waals surface area (Å²) in [6, 6.07) is 13.2. The smallest absolute Gasteiger partial charge is 0.160 e. The molecule has 1 aliphatic rings. The molecule has 1 aliphatic heterocycles. The quantitative estimate of drug-likeness (QED) is 0.786. The van der Waals surface area contributed by atoms with Crippen molar-refractivity contribution < 1.29 is 23.3 Å². The third-order valence-electron chi connectivity index (χ3n) is 3.63. The van der Waals surface area contributed by atoms with Crippen LogP contribution in [-0.4, -0.2) is 25.6 Å². The Morgan fingerprint density at radius 3 is 2.17 bits per heavy atom. The third-order valence-corrected chi connectivity index (χ3v) is 3.63. The maximum Gasteiger partial charge on any atom is 0.160 e. The lowest BCUT2D eigenvalue weighted by molar-refractivity contribution is -0.0914. The van der Waals surface area contributed by atoms with Gasteiger partial charge in [0.05, 0.1) is 6.61 Å². The van der Waals surface area contributed by atoms with Crippen LogP contribution in [0.4, 0.5) is 4.39 Å². The second-order valence-electron chi connectivity index (χ2n) is 6.04. The van der Waals surface area contributed by atoms with Gasteiger partial charge in [-0.15, -0.1) is 0 Å². The molecule has 1 saturated heterocycles. The number of rotatable bonds is 6. The summed E-state index contributed by atoms with van der Waals surface area (Å²) in [4.78, 5) is 0. The molecule has 2 aromatic carbocycles. The van der Waals surface area contributed by atoms with E-state index in [0.717, 1.165) is 5.75 Å². The lowest BCUT2D eigenvalue weighted by Gasteiger charge is -2.15. The van der Waals surface area contributed by atoms with Crippen LogP contribution in [-0.2, 0) is 9.47 Å². The molecular weight excluding hydrogens is 311 g/mol. The average molecular weight is 332 g/mol. The minimum atomic E-state index is -0.288. The highest BCUT2D eigenvalue weighted by Gasteiger charge is 2.28. The Morgan fingerprint density at radius 2 is 1.58 bits per heavy atom. The molecule has 0 bridgehead atoms. The Kier molecular flexibility index (Phi) is 5.33. The van der Waals surface area contributed by atoms with Crippen molar-refractivity contribution in [2.75, 3.05) is 13.2 Å². The molecule has 0 amide bonds. The van der Waals surface area contributed by atoms with Gasteiger partial charge in [-0.25, -0.2) is 4.39 Å². The Hall–Kier alpha value is -2.11. The van der Waals surface area contributed by atoms with Crippen LogP contribution in [0.15, 0.2) is 48.5 Å². The highest BCUT2D eigenvalue weighted by molar-refractivity contribution is 5.35. The van der Waals surface area contributed by atoms with Crippen molar-refractivity contribution in [2.45, 2.75) is 26.2 Å². The molecule has 0 radical (unpaired) electrons. The second kappa shape index (κ2) is 7.64. The zero-order valence-electron chi connectivity index (χ0n) is 13.8. The predicted molar refractivity (Wildman–Crippen MR) is 87.9 cm³/mol. The van der Waals surface area contributed by atoms with E-state index in [1.54, 1.807) is 12.1 Å². The highest BCUT2D eigenvalue weighted by atomic mass is 19.1. The van der Waals surface area contributed by atoms with Crippen LogP contribution in [0.25, 0.3) is 0 Å². The molecule has 3 rings (SSSR count). The molecule has 2 atom stereocenters. The molecule has 24 heavy (non-hydrogen) atoms. The van der Waals surface area contributed by atoms with Crippen molar-refractivity contribution in [2.24, 2.45) is 5.92 Å². The Labute approximate surface area is 141 Å². The summed E-state index contributed by atoms with van der Waals surface area (Å²) < 4.78 is 35.6. The molecule has 2 unspecified atom stereocenters. The molecule has 0 aliphatic carbocycles. The molecule has 0 N–H and O–H groups in total. The zero-order chi connectivity index (χ0) is 16.9. The first-order chi connectivity index (χ1) is 11.6. The van der Waals surface area contributed by atoms with Gasteiger partial charge in [0, 0.05) is 5.92 Å². The molecule has 0 saturated carbocycles. The summed E-state index contributed by atoms with van der Waals surface area (Å²) in [5.74, 6) is 2.02. The highest BCUT2D eigenvalue weighted by Crippen LogP contribution is 2.25. The maximum absolute atomic E-state index is 12.9. The fourth-order valence-corrected chi connectivity index (χ4v) is 2.34. The van der Waals surface area contributed by atoms with E-state index >= 15 is 0 Å². The Bertz CT molecular complexity index is 639. The monoisotopic (exact) mass is 332 g/mol. The summed E-state index contributed by atoms with van der Waals surface area (Å²) >= 11 is 0. The molecule has 1 heterocycles. The Balaban J connectivity index is 1.49. The van der Waals surface area contributed by atoms with Crippen LogP contribution in [0.5, 0.6) is 17.2 Å². The zero-order valence-corrected chi connectivity index (χ0v) is 13.8. The summed E-state index contributed by atoms with van der Waals surface area (Å²) in [5.41, 5.74) is 0. The lowest BCUT2D eigenvalue weighted by atomic mass is 10.2. The van der Waals surface area contributed by atoms with E-state index in [9.17, 15) is 4.39 Å². The van der Waals surface area contributed by atoms with Crippen LogP contribution < -0.4 is 9.47 Å². The van der Waals surface area contributed by atoms with Gasteiger partial charge in [0.1, 0.15) is 35.8 Å². The van der Waals surface area contributed by atoms with Crippen LogP contribution >= 0.6 is 0 Å². The molecule has 128 valence electrons. The van der Waals surface area contributed by atoms with E-state index in [2.05, 4.69) is 13.8 Å². The minimum Gasteiger partial charge on any atom is -0.491 e. The van der Waals surface area contributed by atoms with E-state index in [0.29, 0.717) is 30.6 Å². The first-order valence-corrected chi connectivity index (χ1v) is 8.03. The minimum absolute atomic E-state index is 0.0486. The van der Waals surface area contributed by atoms with Gasteiger partial charge >= 0.3 is 0 Å². The number of halogens is 1. The molecular formula is C19H21FO4. The van der Waals surface area contributed by atoms with Gasteiger partial charge in [-0.2, -0.15) is 0 Å². The van der Waals surface area contributed by atoms with Crippen LogP contribution in [0.2, 0.25) is 0 Å². The number of ether oxygens (including phenoxy) is 4. The van der Waals surface area contributed by atoms with Crippen molar-refractivity contribution in [1.29, 1.82) is 0 Å². The largest absolute Gasteiger partial charge is 0.491 e. The predicted octanol–water partition coefficient (Wildman–Crippen LogP) is 4.39. The van der Waals surface area contributed by atoms with Gasteiger partial charge in [0.25, 0.3) is 0 Å². The van der Waals surface area contributed by atoms with Gasteiger partial charge in [0.15, 0.2) is 6.29 Å². The summed E-state index contributed by atoms with van der Waals surface area (Å²) in [5, 5.41) is 0. The Morgan fingerprint density at radius 1 is 1.00 bits per heavy atom. The number of hydrogen-bond acceptors (Lipinski definition) is 4. The molecule has 5 heteroatoms. The van der Waals surface area contributed by atoms with Crippen molar-refractivity contribution >= 4 is 0 Å². The molecule has 2 aromatic rings. The standard InChI is InChI=1S/C19H21FO4/c1-13(2)19-22-12-18(24-19)11-21-15-7-9-17(10-8-15)23-16-5-3-14(20)4-6-16/h3-10,13,18-19H,11-12H2,1-2H3. The van der Waals surface area contributed by atoms with E-state index in [1.807, 2.05) is 24.3 Å². The fraction of sp³-hybridized carbons (Fsp3) is 0.368.